The molecule has 5 fully saturated rings. The minimum Gasteiger partial charge on any atom is -0.455 e. The molecular weight excluding hydrogens is 584 g/mol. The molecule has 3 N–H and O–H groups in total. The quantitative estimate of drug-likeness (QED) is 0.229. The Labute approximate surface area is 276 Å². The summed E-state index contributed by atoms with van der Waals surface area (Å²) in [5, 5.41) is 35.7. The number of carbonyl (C=O) groups is 2. The molecule has 0 aromatic heterocycles. The Morgan fingerprint density at radius 1 is 0.826 bits per heavy atom. The minimum absolute atomic E-state index is 0.0236. The number of hydrogen-bond donors (Lipinski definition) is 3. The van der Waals surface area contributed by atoms with Gasteiger partial charge < -0.3 is 29.5 Å². The van der Waals surface area contributed by atoms with E-state index >= 15 is 0 Å². The van der Waals surface area contributed by atoms with E-state index in [0.717, 1.165) is 32.1 Å². The second-order valence-corrected chi connectivity index (χ2v) is 17.0. The van der Waals surface area contributed by atoms with Gasteiger partial charge in [-0.2, -0.15) is 0 Å². The number of fused-ring (bicyclic) bond motifs is 5. The third-order valence-electron chi connectivity index (χ3n) is 15.4. The number of hydrogen-bond acceptors (Lipinski definition) is 8. The molecule has 0 aromatic rings. The largest absolute Gasteiger partial charge is 0.455 e. The lowest BCUT2D eigenvalue weighted by Crippen LogP contribution is -2.74. The van der Waals surface area contributed by atoms with Gasteiger partial charge in [0.25, 0.3) is 0 Å². The fourth-order valence-corrected chi connectivity index (χ4v) is 12.2. The number of allylic oxidation sites excluding steroid dienone is 2. The van der Waals surface area contributed by atoms with Crippen molar-refractivity contribution in [2.45, 2.75) is 157 Å². The maximum atomic E-state index is 13.4. The lowest BCUT2D eigenvalue weighted by Gasteiger charge is -2.74. The van der Waals surface area contributed by atoms with Gasteiger partial charge in [0.15, 0.2) is 12.4 Å². The highest BCUT2D eigenvalue weighted by Crippen LogP contribution is 2.79. The Balaban J connectivity index is 1.59. The SMILES string of the molecule is C/C=C(/C)C(=O)O[C@H](C)[C@H](OC(=O)/C(C)=C\C)C12C(O)O[C@@]3(CCC4[C@@]5(C)CC[C@H](O)C(C)(C)C5CC[C@@]4(C)[C@]3(C)C[C@H]1O)C2C. The van der Waals surface area contributed by atoms with Crippen LogP contribution in [0.1, 0.15) is 121 Å². The van der Waals surface area contributed by atoms with E-state index in [0.29, 0.717) is 35.8 Å². The van der Waals surface area contributed by atoms with Crippen LogP contribution in [0, 0.1) is 44.8 Å². The van der Waals surface area contributed by atoms with Crippen molar-refractivity contribution in [2.24, 2.45) is 44.8 Å². The Kier molecular flexibility index (Phi) is 8.83. The molecule has 0 radical (unpaired) electrons. The zero-order valence-electron chi connectivity index (χ0n) is 30.1. The average molecular weight is 645 g/mol. The molecule has 4 aliphatic carbocycles. The Hall–Kier alpha value is -1.74. The number of rotatable bonds is 6. The average Bonchev–Trinajstić information content (AvgIpc) is 3.17. The molecule has 1 heterocycles. The molecule has 5 aliphatic rings. The van der Waals surface area contributed by atoms with Gasteiger partial charge in [-0.15, -0.1) is 0 Å². The van der Waals surface area contributed by atoms with Crippen LogP contribution in [0.4, 0.5) is 0 Å². The Morgan fingerprint density at radius 3 is 1.98 bits per heavy atom. The van der Waals surface area contributed by atoms with E-state index in [1.54, 1.807) is 46.8 Å². The summed E-state index contributed by atoms with van der Waals surface area (Å²) in [7, 11) is 0. The van der Waals surface area contributed by atoms with Crippen molar-refractivity contribution < 1.29 is 39.1 Å². The number of ether oxygens (including phenoxy) is 3. The zero-order valence-corrected chi connectivity index (χ0v) is 30.1. The normalized spacial score (nSPS) is 48.0. The second kappa shape index (κ2) is 11.4. The molecule has 5 rings (SSSR count). The first-order valence-electron chi connectivity index (χ1n) is 17.7. The maximum absolute atomic E-state index is 13.4. The Bertz CT molecular complexity index is 1300. The summed E-state index contributed by atoms with van der Waals surface area (Å²) in [5.41, 5.74) is -2.30. The van der Waals surface area contributed by atoms with Crippen molar-refractivity contribution in [3.8, 4) is 0 Å². The molecule has 5 unspecified atom stereocenters. The number of carbonyl (C=O) groups excluding carboxylic acids is 2. The molecule has 1 spiro atoms. The number of aliphatic hydroxyl groups excluding tert-OH is 3. The number of esters is 2. The first-order chi connectivity index (χ1) is 21.3. The summed E-state index contributed by atoms with van der Waals surface area (Å²) in [6.07, 6.45) is 3.96. The standard InChI is InChI=1S/C38H60O8/c1-12-21(3)30(41)44-23(5)29(45-31(42)22(4)13-2)38-24(6)37(46-32(38)43)19-15-26-34(9)17-16-27(39)33(7,8)25(34)14-18-35(26,10)36(37,11)20-28(38)40/h12-13,23-29,32,39-40,43H,14-20H2,1-11H3/b21-12-,22-13-/t23-,24?,25?,26?,27+,28-,29+,32?,34+,35-,36+,37+,38?/m1/s1. The van der Waals surface area contributed by atoms with Crippen LogP contribution in [0.3, 0.4) is 0 Å². The van der Waals surface area contributed by atoms with E-state index in [1.165, 1.54) is 0 Å². The molecule has 46 heavy (non-hydrogen) atoms. The molecule has 260 valence electrons. The van der Waals surface area contributed by atoms with Gasteiger partial charge in [0.1, 0.15) is 6.10 Å². The number of aliphatic hydroxyl groups is 3. The van der Waals surface area contributed by atoms with Gasteiger partial charge in [-0.3, -0.25) is 0 Å². The van der Waals surface area contributed by atoms with Crippen LogP contribution in [-0.2, 0) is 23.8 Å². The van der Waals surface area contributed by atoms with Crippen LogP contribution < -0.4 is 0 Å². The van der Waals surface area contributed by atoms with Gasteiger partial charge in [0.2, 0.25) is 0 Å². The van der Waals surface area contributed by atoms with Gasteiger partial charge in [-0.1, -0.05) is 53.7 Å². The summed E-state index contributed by atoms with van der Waals surface area (Å²) < 4.78 is 18.9. The molecular formula is C38H60O8. The molecule has 1 saturated heterocycles. The fraction of sp³-hybridized carbons (Fsp3) is 0.842. The highest BCUT2D eigenvalue weighted by atomic mass is 16.6. The van der Waals surface area contributed by atoms with E-state index in [4.69, 9.17) is 14.2 Å². The first-order valence-corrected chi connectivity index (χ1v) is 17.7. The summed E-state index contributed by atoms with van der Waals surface area (Å²) >= 11 is 0. The third-order valence-corrected chi connectivity index (χ3v) is 15.4. The predicted octanol–water partition coefficient (Wildman–Crippen LogP) is 6.26. The van der Waals surface area contributed by atoms with E-state index < -0.39 is 58.9 Å². The van der Waals surface area contributed by atoms with Gasteiger partial charge >= 0.3 is 11.9 Å². The fourth-order valence-electron chi connectivity index (χ4n) is 12.2. The maximum Gasteiger partial charge on any atom is 0.333 e. The highest BCUT2D eigenvalue weighted by molar-refractivity contribution is 5.88. The molecule has 8 nitrogen and oxygen atoms in total. The molecule has 0 aromatic carbocycles. The van der Waals surface area contributed by atoms with Crippen molar-refractivity contribution in [3.05, 3.63) is 23.3 Å². The third kappa shape index (κ3) is 4.37. The summed E-state index contributed by atoms with van der Waals surface area (Å²) in [5.74, 6) is -0.820. The zero-order chi connectivity index (χ0) is 34.4. The first kappa shape index (κ1) is 35.6. The topological polar surface area (TPSA) is 123 Å². The predicted molar refractivity (Wildman–Crippen MR) is 175 cm³/mol. The molecule has 13 atom stereocenters. The molecule has 1 aliphatic heterocycles. The van der Waals surface area contributed by atoms with Crippen molar-refractivity contribution >= 4 is 11.9 Å². The molecule has 0 amide bonds. The van der Waals surface area contributed by atoms with Gasteiger partial charge in [0.05, 0.1) is 23.2 Å². The Morgan fingerprint density at radius 2 is 1.39 bits per heavy atom. The summed E-state index contributed by atoms with van der Waals surface area (Å²) in [6.45, 7) is 22.1. The molecule has 8 heteroatoms. The van der Waals surface area contributed by atoms with E-state index in [9.17, 15) is 24.9 Å². The second-order valence-electron chi connectivity index (χ2n) is 17.0. The lowest BCUT2D eigenvalue weighted by atomic mass is 9.31. The summed E-state index contributed by atoms with van der Waals surface area (Å²) in [4.78, 5) is 26.3. The van der Waals surface area contributed by atoms with E-state index in [2.05, 4.69) is 34.6 Å². The van der Waals surface area contributed by atoms with Crippen LogP contribution >= 0.6 is 0 Å². The van der Waals surface area contributed by atoms with Crippen LogP contribution in [0.5, 0.6) is 0 Å². The van der Waals surface area contributed by atoms with Crippen molar-refractivity contribution in [3.63, 3.8) is 0 Å². The van der Waals surface area contributed by atoms with E-state index in [-0.39, 0.29) is 22.3 Å². The van der Waals surface area contributed by atoms with Gasteiger partial charge in [0, 0.05) is 22.5 Å². The van der Waals surface area contributed by atoms with Crippen molar-refractivity contribution in [1.82, 2.24) is 0 Å². The molecule has 4 saturated carbocycles. The highest BCUT2D eigenvalue weighted by Gasteiger charge is 2.82. The van der Waals surface area contributed by atoms with Crippen molar-refractivity contribution in [1.29, 1.82) is 0 Å². The molecule has 2 bridgehead atoms. The summed E-state index contributed by atoms with van der Waals surface area (Å²) in [6, 6.07) is 0. The monoisotopic (exact) mass is 644 g/mol. The van der Waals surface area contributed by atoms with E-state index in [1.807, 2.05) is 6.92 Å². The van der Waals surface area contributed by atoms with Gasteiger partial charge in [-0.05, 0) is 108 Å². The van der Waals surface area contributed by atoms with Crippen molar-refractivity contribution in [2.75, 3.05) is 0 Å². The van der Waals surface area contributed by atoms with Crippen LogP contribution in [0.15, 0.2) is 23.3 Å². The van der Waals surface area contributed by atoms with Crippen LogP contribution in [-0.4, -0.2) is 63.6 Å². The lowest BCUT2D eigenvalue weighted by molar-refractivity contribution is -0.299. The minimum atomic E-state index is -1.44. The van der Waals surface area contributed by atoms with Crippen LogP contribution in [0.25, 0.3) is 0 Å². The smallest absolute Gasteiger partial charge is 0.333 e. The van der Waals surface area contributed by atoms with Gasteiger partial charge in [-0.25, -0.2) is 9.59 Å². The van der Waals surface area contributed by atoms with Crippen LogP contribution in [0.2, 0.25) is 0 Å².